The molecule has 4 heteroatoms. The first-order valence-corrected chi connectivity index (χ1v) is 7.74. The molecule has 0 saturated carbocycles. The molecule has 0 bridgehead atoms. The molecule has 2 aromatic heterocycles. The highest BCUT2D eigenvalue weighted by Gasteiger charge is 2.10. The lowest BCUT2D eigenvalue weighted by atomic mass is 10.1. The van der Waals surface area contributed by atoms with Crippen LogP contribution in [0.15, 0.2) is 59.1 Å². The third kappa shape index (κ3) is 2.75. The number of aromatic amines is 1. The third-order valence-corrected chi connectivity index (χ3v) is 4.05. The smallest absolute Gasteiger partial charge is 0.247 e. The van der Waals surface area contributed by atoms with Gasteiger partial charge in [0.25, 0.3) is 0 Å². The Morgan fingerprint density at radius 1 is 0.957 bits per heavy atom. The van der Waals surface area contributed by atoms with Crippen LogP contribution in [-0.4, -0.2) is 15.2 Å². The molecule has 4 nitrogen and oxygen atoms in total. The lowest BCUT2D eigenvalue weighted by Gasteiger charge is -1.97. The van der Waals surface area contributed by atoms with Crippen molar-refractivity contribution >= 4 is 10.9 Å². The van der Waals surface area contributed by atoms with Crippen molar-refractivity contribution in [3.05, 3.63) is 71.7 Å². The van der Waals surface area contributed by atoms with E-state index in [1.54, 1.807) is 0 Å². The van der Waals surface area contributed by atoms with Crippen molar-refractivity contribution in [1.29, 1.82) is 0 Å². The van der Waals surface area contributed by atoms with E-state index in [1.165, 1.54) is 16.5 Å². The van der Waals surface area contributed by atoms with Crippen molar-refractivity contribution in [1.82, 2.24) is 15.2 Å². The number of aromatic nitrogens is 3. The molecule has 0 aliphatic carbocycles. The summed E-state index contributed by atoms with van der Waals surface area (Å²) in [5, 5.41) is 9.58. The quantitative estimate of drug-likeness (QED) is 0.611. The SMILES string of the molecule is Cc1ccc(-c2nnc(CCc3c[nH]c4ccccc34)o2)cc1. The average Bonchev–Trinajstić information content (AvgIpc) is 3.20. The zero-order valence-corrected chi connectivity index (χ0v) is 12.9. The van der Waals surface area contributed by atoms with E-state index in [0.717, 1.165) is 23.9 Å². The van der Waals surface area contributed by atoms with Gasteiger partial charge in [-0.25, -0.2) is 0 Å². The number of nitrogens with zero attached hydrogens (tertiary/aromatic N) is 2. The highest BCUT2D eigenvalue weighted by atomic mass is 16.4. The zero-order chi connectivity index (χ0) is 15.6. The van der Waals surface area contributed by atoms with Crippen molar-refractivity contribution in [3.8, 4) is 11.5 Å². The molecule has 0 saturated heterocycles. The van der Waals surface area contributed by atoms with Crippen molar-refractivity contribution in [2.45, 2.75) is 19.8 Å². The van der Waals surface area contributed by atoms with Gasteiger partial charge in [0.1, 0.15) is 0 Å². The number of rotatable bonds is 4. The summed E-state index contributed by atoms with van der Waals surface area (Å²) in [6.07, 6.45) is 3.67. The molecule has 2 aromatic carbocycles. The van der Waals surface area contributed by atoms with Gasteiger partial charge in [-0.15, -0.1) is 10.2 Å². The normalized spacial score (nSPS) is 11.2. The number of H-pyrrole nitrogens is 1. The number of hydrogen-bond acceptors (Lipinski definition) is 3. The minimum Gasteiger partial charge on any atom is -0.421 e. The van der Waals surface area contributed by atoms with E-state index in [2.05, 4.69) is 46.5 Å². The van der Waals surface area contributed by atoms with Crippen LogP contribution < -0.4 is 0 Å². The van der Waals surface area contributed by atoms with Gasteiger partial charge in [0.2, 0.25) is 11.8 Å². The van der Waals surface area contributed by atoms with Gasteiger partial charge in [-0.2, -0.15) is 0 Å². The van der Waals surface area contributed by atoms with Crippen LogP contribution in [0.1, 0.15) is 17.0 Å². The van der Waals surface area contributed by atoms with Gasteiger partial charge < -0.3 is 9.40 Å². The second-order valence-electron chi connectivity index (χ2n) is 5.73. The molecule has 1 N–H and O–H groups in total. The van der Waals surface area contributed by atoms with Crippen LogP contribution in [0.2, 0.25) is 0 Å². The Morgan fingerprint density at radius 2 is 1.78 bits per heavy atom. The van der Waals surface area contributed by atoms with Crippen LogP contribution in [0, 0.1) is 6.92 Å². The molecule has 0 unspecified atom stereocenters. The number of para-hydroxylation sites is 1. The fraction of sp³-hybridized carbons (Fsp3) is 0.158. The highest BCUT2D eigenvalue weighted by molar-refractivity contribution is 5.83. The molecule has 0 radical (unpaired) electrons. The van der Waals surface area contributed by atoms with E-state index in [9.17, 15) is 0 Å². The second kappa shape index (κ2) is 5.72. The molecule has 0 fully saturated rings. The van der Waals surface area contributed by atoms with Gasteiger partial charge >= 0.3 is 0 Å². The molecule has 23 heavy (non-hydrogen) atoms. The maximum atomic E-state index is 5.79. The largest absolute Gasteiger partial charge is 0.421 e. The number of nitrogens with one attached hydrogen (secondary N) is 1. The van der Waals surface area contributed by atoms with Gasteiger partial charge in [0.05, 0.1) is 0 Å². The minimum atomic E-state index is 0.582. The first-order valence-electron chi connectivity index (χ1n) is 7.74. The summed E-state index contributed by atoms with van der Waals surface area (Å²) in [6, 6.07) is 16.4. The van der Waals surface area contributed by atoms with Gasteiger partial charge in [-0.3, -0.25) is 0 Å². The van der Waals surface area contributed by atoms with Gasteiger partial charge in [0, 0.05) is 29.1 Å². The molecular formula is C19H17N3O. The summed E-state index contributed by atoms with van der Waals surface area (Å²) in [5.41, 5.74) is 4.61. The molecule has 2 heterocycles. The van der Waals surface area contributed by atoms with Crippen LogP contribution in [0.4, 0.5) is 0 Å². The average molecular weight is 303 g/mol. The van der Waals surface area contributed by atoms with Crippen LogP contribution in [0.5, 0.6) is 0 Å². The monoisotopic (exact) mass is 303 g/mol. The van der Waals surface area contributed by atoms with Crippen molar-refractivity contribution < 1.29 is 4.42 Å². The fourth-order valence-corrected chi connectivity index (χ4v) is 2.75. The molecule has 0 amide bonds. The molecule has 0 aliphatic rings. The lowest BCUT2D eigenvalue weighted by molar-refractivity contribution is 0.505. The minimum absolute atomic E-state index is 0.582. The Labute approximate surface area is 134 Å². The summed E-state index contributed by atoms with van der Waals surface area (Å²) < 4.78 is 5.79. The first-order chi connectivity index (χ1) is 11.3. The Bertz CT molecular complexity index is 935. The van der Waals surface area contributed by atoms with E-state index in [-0.39, 0.29) is 0 Å². The first kappa shape index (κ1) is 13.8. The van der Waals surface area contributed by atoms with Crippen LogP contribution in [0.25, 0.3) is 22.4 Å². The molecule has 0 atom stereocenters. The summed E-state index contributed by atoms with van der Waals surface area (Å²) in [4.78, 5) is 3.29. The van der Waals surface area contributed by atoms with E-state index < -0.39 is 0 Å². The Balaban J connectivity index is 1.51. The summed E-state index contributed by atoms with van der Waals surface area (Å²) >= 11 is 0. The standard InChI is InChI=1S/C19H17N3O/c1-13-6-8-14(9-7-13)19-22-21-18(23-19)11-10-15-12-20-17-5-3-2-4-16(15)17/h2-9,12,20H,10-11H2,1H3. The zero-order valence-electron chi connectivity index (χ0n) is 12.9. The van der Waals surface area contributed by atoms with Gasteiger partial charge in [0.15, 0.2) is 0 Å². The molecule has 114 valence electrons. The van der Waals surface area contributed by atoms with E-state index >= 15 is 0 Å². The van der Waals surface area contributed by atoms with Gasteiger partial charge in [-0.05, 0) is 37.1 Å². The summed E-state index contributed by atoms with van der Waals surface area (Å²) in [7, 11) is 0. The summed E-state index contributed by atoms with van der Waals surface area (Å²) in [6.45, 7) is 2.06. The number of hydrogen-bond donors (Lipinski definition) is 1. The van der Waals surface area contributed by atoms with E-state index in [4.69, 9.17) is 4.42 Å². The summed E-state index contributed by atoms with van der Waals surface area (Å²) in [5.74, 6) is 1.25. The fourth-order valence-electron chi connectivity index (χ4n) is 2.75. The number of fused-ring (bicyclic) bond motifs is 1. The van der Waals surface area contributed by atoms with E-state index in [1.807, 2.05) is 30.3 Å². The molecule has 4 rings (SSSR count). The van der Waals surface area contributed by atoms with Crippen molar-refractivity contribution in [2.24, 2.45) is 0 Å². The van der Waals surface area contributed by atoms with Crippen LogP contribution in [-0.2, 0) is 12.8 Å². The molecule has 0 spiro atoms. The topological polar surface area (TPSA) is 54.7 Å². The molecule has 4 aromatic rings. The maximum absolute atomic E-state index is 5.79. The highest BCUT2D eigenvalue weighted by Crippen LogP contribution is 2.21. The Kier molecular flexibility index (Phi) is 3.42. The van der Waals surface area contributed by atoms with Crippen LogP contribution in [0.3, 0.4) is 0 Å². The second-order valence-corrected chi connectivity index (χ2v) is 5.73. The lowest BCUT2D eigenvalue weighted by Crippen LogP contribution is -1.90. The van der Waals surface area contributed by atoms with Gasteiger partial charge in [-0.1, -0.05) is 35.9 Å². The third-order valence-electron chi connectivity index (χ3n) is 4.05. The predicted octanol–water partition coefficient (Wildman–Crippen LogP) is 4.31. The van der Waals surface area contributed by atoms with E-state index in [0.29, 0.717) is 11.8 Å². The van der Waals surface area contributed by atoms with Crippen LogP contribution >= 0.6 is 0 Å². The predicted molar refractivity (Wildman–Crippen MR) is 90.2 cm³/mol. The number of aryl methyl sites for hydroxylation is 3. The Morgan fingerprint density at radius 3 is 2.65 bits per heavy atom. The van der Waals surface area contributed by atoms with Crippen molar-refractivity contribution in [2.75, 3.05) is 0 Å². The Hall–Kier alpha value is -2.88. The van der Waals surface area contributed by atoms with Crippen molar-refractivity contribution in [3.63, 3.8) is 0 Å². The molecule has 0 aliphatic heterocycles. The molecular weight excluding hydrogens is 286 g/mol. The number of benzene rings is 2. The maximum Gasteiger partial charge on any atom is 0.247 e.